The van der Waals surface area contributed by atoms with E-state index < -0.39 is 0 Å². The van der Waals surface area contributed by atoms with Gasteiger partial charge in [-0.1, -0.05) is 29.8 Å². The van der Waals surface area contributed by atoms with Crippen LogP contribution in [0.2, 0.25) is 5.02 Å². The zero-order valence-electron chi connectivity index (χ0n) is 12.0. The van der Waals surface area contributed by atoms with Crippen LogP contribution in [0.4, 0.5) is 5.69 Å². The minimum atomic E-state index is -0.352. The van der Waals surface area contributed by atoms with Gasteiger partial charge in [0, 0.05) is 10.7 Å². The standard InChI is InChI=1S/C16H16ClN3O2/c1-11(12-5-7-14(18)8-6-12)19-20-16(21)10-22-15-4-2-3-13(17)9-15/h2-9H,10,18H2,1H3,(H,20,21)/b19-11-. The van der Waals surface area contributed by atoms with Gasteiger partial charge in [0.25, 0.3) is 5.91 Å². The highest BCUT2D eigenvalue weighted by Crippen LogP contribution is 2.16. The molecule has 0 atom stereocenters. The highest BCUT2D eigenvalue weighted by molar-refractivity contribution is 6.30. The normalized spacial score (nSPS) is 11.1. The first-order chi connectivity index (χ1) is 10.5. The van der Waals surface area contributed by atoms with Crippen molar-refractivity contribution in [2.24, 2.45) is 5.10 Å². The Morgan fingerprint density at radius 3 is 2.68 bits per heavy atom. The first-order valence-electron chi connectivity index (χ1n) is 6.62. The van der Waals surface area contributed by atoms with Crippen LogP contribution in [-0.4, -0.2) is 18.2 Å². The number of amides is 1. The van der Waals surface area contributed by atoms with E-state index in [2.05, 4.69) is 10.5 Å². The van der Waals surface area contributed by atoms with E-state index >= 15 is 0 Å². The molecule has 0 bridgehead atoms. The van der Waals surface area contributed by atoms with Gasteiger partial charge in [-0.05, 0) is 42.8 Å². The average molecular weight is 318 g/mol. The van der Waals surface area contributed by atoms with Gasteiger partial charge in [-0.3, -0.25) is 4.79 Å². The summed E-state index contributed by atoms with van der Waals surface area (Å²) >= 11 is 5.83. The van der Waals surface area contributed by atoms with E-state index in [0.717, 1.165) is 5.56 Å². The second-order valence-corrected chi connectivity index (χ2v) is 5.04. The number of nitrogens with two attached hydrogens (primary N) is 1. The summed E-state index contributed by atoms with van der Waals surface area (Å²) in [7, 11) is 0. The van der Waals surface area contributed by atoms with Crippen molar-refractivity contribution in [3.63, 3.8) is 0 Å². The number of hydrogen-bond donors (Lipinski definition) is 2. The molecule has 2 aromatic rings. The van der Waals surface area contributed by atoms with E-state index in [1.165, 1.54) is 0 Å². The fourth-order valence-electron chi connectivity index (χ4n) is 1.67. The summed E-state index contributed by atoms with van der Waals surface area (Å²) in [6, 6.07) is 14.1. The fraction of sp³-hybridized carbons (Fsp3) is 0.125. The molecule has 0 saturated heterocycles. The summed E-state index contributed by atoms with van der Waals surface area (Å²) in [5.74, 6) is 0.177. The lowest BCUT2D eigenvalue weighted by Crippen LogP contribution is -2.25. The number of anilines is 1. The molecule has 0 aliphatic heterocycles. The van der Waals surface area contributed by atoms with E-state index in [1.54, 1.807) is 43.3 Å². The van der Waals surface area contributed by atoms with Crippen LogP contribution >= 0.6 is 11.6 Å². The number of hydrazone groups is 1. The molecule has 2 rings (SSSR count). The van der Waals surface area contributed by atoms with Crippen LogP contribution in [0.3, 0.4) is 0 Å². The average Bonchev–Trinajstić information content (AvgIpc) is 2.51. The summed E-state index contributed by atoms with van der Waals surface area (Å²) in [4.78, 5) is 11.7. The Kier molecular flexibility index (Phi) is 5.38. The van der Waals surface area contributed by atoms with Gasteiger partial charge < -0.3 is 10.5 Å². The Morgan fingerprint density at radius 1 is 1.27 bits per heavy atom. The lowest BCUT2D eigenvalue weighted by Gasteiger charge is -2.06. The third-order valence-electron chi connectivity index (χ3n) is 2.84. The van der Waals surface area contributed by atoms with Crippen molar-refractivity contribution in [1.29, 1.82) is 0 Å². The number of nitrogen functional groups attached to an aromatic ring is 1. The second-order valence-electron chi connectivity index (χ2n) is 4.60. The number of carbonyl (C=O) groups is 1. The highest BCUT2D eigenvalue weighted by Gasteiger charge is 2.03. The van der Waals surface area contributed by atoms with Gasteiger partial charge in [0.15, 0.2) is 6.61 Å². The lowest BCUT2D eigenvalue weighted by molar-refractivity contribution is -0.123. The van der Waals surface area contributed by atoms with Gasteiger partial charge in [0.05, 0.1) is 5.71 Å². The summed E-state index contributed by atoms with van der Waals surface area (Å²) in [5, 5.41) is 4.58. The summed E-state index contributed by atoms with van der Waals surface area (Å²) in [6.07, 6.45) is 0. The van der Waals surface area contributed by atoms with Crippen LogP contribution in [0.25, 0.3) is 0 Å². The molecule has 0 unspecified atom stereocenters. The molecule has 22 heavy (non-hydrogen) atoms. The van der Waals surface area contributed by atoms with Gasteiger partial charge in [0.2, 0.25) is 0 Å². The molecule has 3 N–H and O–H groups in total. The van der Waals surface area contributed by atoms with Crippen molar-refractivity contribution in [3.8, 4) is 5.75 Å². The first-order valence-corrected chi connectivity index (χ1v) is 7.00. The molecule has 0 spiro atoms. The van der Waals surface area contributed by atoms with Crippen LogP contribution < -0.4 is 15.9 Å². The van der Waals surface area contributed by atoms with Crippen LogP contribution in [0.5, 0.6) is 5.75 Å². The molecule has 0 saturated carbocycles. The summed E-state index contributed by atoms with van der Waals surface area (Å²) in [6.45, 7) is 1.66. The predicted octanol–water partition coefficient (Wildman–Crippen LogP) is 2.84. The fourth-order valence-corrected chi connectivity index (χ4v) is 1.85. The molecule has 5 nitrogen and oxygen atoms in total. The predicted molar refractivity (Wildman–Crippen MR) is 88.2 cm³/mol. The quantitative estimate of drug-likeness (QED) is 0.506. The minimum absolute atomic E-state index is 0.140. The van der Waals surface area contributed by atoms with Gasteiger partial charge >= 0.3 is 0 Å². The number of nitrogens with one attached hydrogen (secondary N) is 1. The first kappa shape index (κ1) is 15.9. The smallest absolute Gasteiger partial charge is 0.277 e. The third kappa shape index (κ3) is 4.79. The molecule has 1 amide bonds. The number of rotatable bonds is 5. The number of ether oxygens (including phenoxy) is 1. The highest BCUT2D eigenvalue weighted by atomic mass is 35.5. The Morgan fingerprint density at radius 2 is 2.00 bits per heavy atom. The maximum Gasteiger partial charge on any atom is 0.277 e. The number of halogens is 1. The van der Waals surface area contributed by atoms with Gasteiger partial charge in [-0.2, -0.15) is 5.10 Å². The molecule has 0 aromatic heterocycles. The van der Waals surface area contributed by atoms with Crippen LogP contribution in [0, 0.1) is 0 Å². The van der Waals surface area contributed by atoms with Crippen molar-refractivity contribution >= 4 is 28.9 Å². The minimum Gasteiger partial charge on any atom is -0.484 e. The molecule has 0 fully saturated rings. The molecule has 2 aromatic carbocycles. The third-order valence-corrected chi connectivity index (χ3v) is 3.08. The molecular formula is C16H16ClN3O2. The Balaban J connectivity index is 1.86. The van der Waals surface area contributed by atoms with Gasteiger partial charge in [-0.15, -0.1) is 0 Å². The van der Waals surface area contributed by atoms with Crippen molar-refractivity contribution in [1.82, 2.24) is 5.43 Å². The van der Waals surface area contributed by atoms with Crippen molar-refractivity contribution < 1.29 is 9.53 Å². The van der Waals surface area contributed by atoms with E-state index in [4.69, 9.17) is 22.1 Å². The number of carbonyl (C=O) groups excluding carboxylic acids is 1. The van der Waals surface area contributed by atoms with E-state index in [9.17, 15) is 4.79 Å². The maximum absolute atomic E-state index is 11.7. The molecular weight excluding hydrogens is 302 g/mol. The summed E-state index contributed by atoms with van der Waals surface area (Å²) < 4.78 is 5.32. The zero-order chi connectivity index (χ0) is 15.9. The number of hydrogen-bond acceptors (Lipinski definition) is 4. The van der Waals surface area contributed by atoms with Crippen molar-refractivity contribution in [2.45, 2.75) is 6.92 Å². The van der Waals surface area contributed by atoms with Crippen LogP contribution in [-0.2, 0) is 4.79 Å². The van der Waals surface area contributed by atoms with Gasteiger partial charge in [0.1, 0.15) is 5.75 Å². The Labute approximate surface area is 133 Å². The number of benzene rings is 2. The molecule has 0 heterocycles. The van der Waals surface area contributed by atoms with E-state index in [-0.39, 0.29) is 12.5 Å². The Hall–Kier alpha value is -2.53. The van der Waals surface area contributed by atoms with Crippen molar-refractivity contribution in [2.75, 3.05) is 12.3 Å². The summed E-state index contributed by atoms with van der Waals surface area (Å²) in [5.41, 5.74) is 10.3. The number of nitrogens with zero attached hydrogens (tertiary/aromatic N) is 1. The SMILES string of the molecule is C/C(=N/NC(=O)COc1cccc(Cl)c1)c1ccc(N)cc1. The maximum atomic E-state index is 11.7. The van der Waals surface area contributed by atoms with Crippen molar-refractivity contribution in [3.05, 3.63) is 59.1 Å². The van der Waals surface area contributed by atoms with E-state index in [0.29, 0.717) is 22.2 Å². The lowest BCUT2D eigenvalue weighted by atomic mass is 10.1. The molecule has 6 heteroatoms. The molecule has 0 aliphatic rings. The zero-order valence-corrected chi connectivity index (χ0v) is 12.8. The molecule has 114 valence electrons. The largest absolute Gasteiger partial charge is 0.484 e. The monoisotopic (exact) mass is 317 g/mol. The molecule has 0 aliphatic carbocycles. The molecule has 0 radical (unpaired) electrons. The van der Waals surface area contributed by atoms with E-state index in [1.807, 2.05) is 12.1 Å². The Bertz CT molecular complexity index is 684. The van der Waals surface area contributed by atoms with Crippen LogP contribution in [0.1, 0.15) is 12.5 Å². The van der Waals surface area contributed by atoms with Crippen LogP contribution in [0.15, 0.2) is 53.6 Å². The second kappa shape index (κ2) is 7.47. The van der Waals surface area contributed by atoms with Gasteiger partial charge in [-0.25, -0.2) is 5.43 Å². The topological polar surface area (TPSA) is 76.7 Å².